The van der Waals surface area contributed by atoms with Crippen LogP contribution in [-0.4, -0.2) is 66.9 Å². The number of amides is 7. The van der Waals surface area contributed by atoms with Crippen LogP contribution in [0.1, 0.15) is 42.0 Å². The Balaban J connectivity index is 1.37. The Labute approximate surface area is 279 Å². The third-order valence-electron chi connectivity index (χ3n) is 6.94. The summed E-state index contributed by atoms with van der Waals surface area (Å²) in [7, 11) is 6.54. The van der Waals surface area contributed by atoms with Crippen molar-refractivity contribution in [3.05, 3.63) is 83.4 Å². The fourth-order valence-corrected chi connectivity index (χ4v) is 4.72. The molecule has 48 heavy (non-hydrogen) atoms. The molecule has 4 aromatic heterocycles. The van der Waals surface area contributed by atoms with E-state index in [-0.39, 0.29) is 40.9 Å². The summed E-state index contributed by atoms with van der Waals surface area (Å²) in [4.78, 5) is 74.2. The fraction of sp³-hybridized carbons (Fsp3) is 0.200. The highest BCUT2D eigenvalue weighted by molar-refractivity contribution is 6.43. The van der Waals surface area contributed by atoms with Gasteiger partial charge in [0.05, 0.1) is 27.8 Å². The van der Waals surface area contributed by atoms with E-state index < -0.39 is 35.6 Å². The maximum atomic E-state index is 13.1. The molecular formula is C30H34ClN11O6. The number of rotatable bonds is 12. The molecule has 0 atom stereocenters. The van der Waals surface area contributed by atoms with E-state index in [4.69, 9.17) is 17.3 Å². The number of nitrogens with one attached hydrogen (secondary N) is 6. The number of aryl methyl sites for hydroxylation is 4. The zero-order valence-electron chi connectivity index (χ0n) is 26.4. The monoisotopic (exact) mass is 679 g/mol. The number of halogens is 1. The third kappa shape index (κ3) is 8.32. The van der Waals surface area contributed by atoms with Crippen LogP contribution in [-0.2, 0) is 33.0 Å². The maximum Gasteiger partial charge on any atom is 0.312 e. The minimum absolute atomic E-state index is 0.161. The predicted molar refractivity (Wildman–Crippen MR) is 179 cm³/mol. The Morgan fingerprint density at radius 1 is 0.583 bits per heavy atom. The molecule has 0 spiro atoms. The van der Waals surface area contributed by atoms with Crippen LogP contribution < -0.4 is 37.6 Å². The molecule has 18 heteroatoms. The van der Waals surface area contributed by atoms with E-state index in [1.54, 1.807) is 46.8 Å². The zero-order chi connectivity index (χ0) is 35.3. The van der Waals surface area contributed by atoms with Crippen LogP contribution >= 0.6 is 11.6 Å². The molecular weight excluding hydrogens is 646 g/mol. The van der Waals surface area contributed by atoms with Crippen molar-refractivity contribution in [2.24, 2.45) is 33.9 Å². The topological polar surface area (TPSA) is 220 Å². The minimum atomic E-state index is -0.698. The van der Waals surface area contributed by atoms with Gasteiger partial charge in [-0.05, 0) is 24.3 Å². The molecule has 0 saturated carbocycles. The lowest BCUT2D eigenvalue weighted by atomic mass is 10.3. The summed E-state index contributed by atoms with van der Waals surface area (Å²) in [5, 5.41) is 15.6. The van der Waals surface area contributed by atoms with Gasteiger partial charge in [0, 0.05) is 66.1 Å². The predicted octanol–water partition coefficient (Wildman–Crippen LogP) is 1.89. The van der Waals surface area contributed by atoms with Crippen LogP contribution in [0.4, 0.5) is 27.5 Å². The van der Waals surface area contributed by atoms with Crippen molar-refractivity contribution in [2.45, 2.75) is 0 Å². The molecule has 17 nitrogen and oxygen atoms in total. The van der Waals surface area contributed by atoms with Crippen LogP contribution in [0.15, 0.2) is 60.7 Å². The van der Waals surface area contributed by atoms with Crippen LogP contribution in [0.25, 0.3) is 0 Å². The van der Waals surface area contributed by atoms with E-state index in [0.717, 1.165) is 0 Å². The average Bonchev–Trinajstić information content (AvgIpc) is 3.76. The number of nitrogens with zero attached hydrogens (tertiary/aromatic N) is 4. The zero-order valence-corrected chi connectivity index (χ0v) is 27.2. The second kappa shape index (κ2) is 14.5. The fourth-order valence-electron chi connectivity index (χ4n) is 4.67. The molecule has 0 aliphatic carbocycles. The van der Waals surface area contributed by atoms with Crippen molar-refractivity contribution in [2.75, 3.05) is 34.4 Å². The van der Waals surface area contributed by atoms with Gasteiger partial charge in [0.2, 0.25) is 0 Å². The van der Waals surface area contributed by atoms with E-state index in [2.05, 4.69) is 38.5 Å². The maximum absolute atomic E-state index is 13.1. The van der Waals surface area contributed by atoms with Crippen molar-refractivity contribution >= 4 is 69.9 Å². The van der Waals surface area contributed by atoms with E-state index in [1.165, 1.54) is 48.7 Å². The summed E-state index contributed by atoms with van der Waals surface area (Å²) in [5.74, 6) is -2.47. The van der Waals surface area contributed by atoms with Crippen LogP contribution in [0.5, 0.6) is 0 Å². The Hall–Kier alpha value is -6.23. The van der Waals surface area contributed by atoms with E-state index in [1.807, 2.05) is 0 Å². The Kier molecular flexibility index (Phi) is 10.4. The number of aromatic nitrogens is 4. The summed E-state index contributed by atoms with van der Waals surface area (Å²) < 4.78 is 6.12. The van der Waals surface area contributed by atoms with Gasteiger partial charge in [-0.2, -0.15) is 0 Å². The Morgan fingerprint density at radius 3 is 1.23 bits per heavy atom. The highest BCUT2D eigenvalue weighted by Gasteiger charge is 2.20. The summed E-state index contributed by atoms with van der Waals surface area (Å²) >= 11 is 5.61. The van der Waals surface area contributed by atoms with Gasteiger partial charge in [-0.25, -0.2) is 4.79 Å². The molecule has 4 rings (SSSR count). The Bertz CT molecular complexity index is 1950. The van der Waals surface area contributed by atoms with E-state index in [9.17, 15) is 28.8 Å². The molecule has 0 aliphatic heterocycles. The number of hydrogen-bond donors (Lipinski definition) is 7. The van der Waals surface area contributed by atoms with Gasteiger partial charge in [0.25, 0.3) is 29.5 Å². The molecule has 0 bridgehead atoms. The summed E-state index contributed by atoms with van der Waals surface area (Å²) in [6.07, 6.45) is 6.23. The first-order valence-electron chi connectivity index (χ1n) is 14.2. The van der Waals surface area contributed by atoms with Crippen molar-refractivity contribution in [3.8, 4) is 0 Å². The van der Waals surface area contributed by atoms with Crippen LogP contribution in [0.2, 0.25) is 0 Å². The van der Waals surface area contributed by atoms with Crippen molar-refractivity contribution in [1.82, 2.24) is 28.9 Å². The largest absolute Gasteiger partial charge is 0.352 e. The summed E-state index contributed by atoms with van der Waals surface area (Å²) in [6.45, 7) is 3.69. The first kappa shape index (κ1) is 34.6. The van der Waals surface area contributed by atoms with Gasteiger partial charge in [0.1, 0.15) is 22.8 Å². The number of carbonyl (C=O) groups excluding carboxylic acids is 6. The van der Waals surface area contributed by atoms with Gasteiger partial charge >= 0.3 is 6.03 Å². The Morgan fingerprint density at radius 2 is 0.896 bits per heavy atom. The smallest absolute Gasteiger partial charge is 0.312 e. The molecule has 0 unspecified atom stereocenters. The van der Waals surface area contributed by atoms with Gasteiger partial charge in [-0.1, -0.05) is 18.2 Å². The summed E-state index contributed by atoms with van der Waals surface area (Å²) in [5.41, 5.74) is 7.38. The van der Waals surface area contributed by atoms with Crippen molar-refractivity contribution in [1.29, 1.82) is 0 Å². The number of hydrogen-bond acceptors (Lipinski definition) is 6. The lowest BCUT2D eigenvalue weighted by molar-refractivity contribution is -0.112. The number of urea groups is 1. The van der Waals surface area contributed by atoms with E-state index >= 15 is 0 Å². The van der Waals surface area contributed by atoms with E-state index in [0.29, 0.717) is 22.7 Å². The SMILES string of the molecule is C=C(Cl)C(=O)Nc1cc(C(=O)Nc2cc(C(=O)Nc3cc(C(=O)Nc4cc(C(=O)NCCNC(N)=O)n(C)c4)n(C)c3)n(C)c2)n(C)c1. The van der Waals surface area contributed by atoms with Gasteiger partial charge in [-0.15, -0.1) is 0 Å². The molecule has 0 saturated heterocycles. The van der Waals surface area contributed by atoms with Crippen molar-refractivity contribution in [3.63, 3.8) is 0 Å². The third-order valence-corrected chi connectivity index (χ3v) is 7.11. The first-order valence-corrected chi connectivity index (χ1v) is 14.6. The molecule has 252 valence electrons. The van der Waals surface area contributed by atoms with Crippen LogP contribution in [0.3, 0.4) is 0 Å². The number of anilines is 4. The average molecular weight is 680 g/mol. The van der Waals surface area contributed by atoms with Crippen molar-refractivity contribution < 1.29 is 28.8 Å². The molecule has 0 radical (unpaired) electrons. The number of nitrogens with two attached hydrogens (primary N) is 1. The van der Waals surface area contributed by atoms with Crippen LogP contribution in [0, 0.1) is 0 Å². The molecule has 4 heterocycles. The van der Waals surface area contributed by atoms with Gasteiger partial charge in [-0.3, -0.25) is 24.0 Å². The molecule has 7 amide bonds. The number of primary amides is 1. The lowest BCUT2D eigenvalue weighted by Crippen LogP contribution is -2.37. The van der Waals surface area contributed by atoms with Gasteiger partial charge < -0.3 is 55.9 Å². The molecule has 0 fully saturated rings. The highest BCUT2D eigenvalue weighted by atomic mass is 35.5. The number of carbonyl (C=O) groups is 6. The second-order valence-corrected chi connectivity index (χ2v) is 11.1. The minimum Gasteiger partial charge on any atom is -0.352 e. The highest BCUT2D eigenvalue weighted by Crippen LogP contribution is 2.21. The van der Waals surface area contributed by atoms with Gasteiger partial charge in [0.15, 0.2) is 0 Å². The lowest BCUT2D eigenvalue weighted by Gasteiger charge is -2.05. The summed E-state index contributed by atoms with van der Waals surface area (Å²) in [6, 6.07) is 5.25. The molecule has 8 N–H and O–H groups in total. The molecule has 0 aliphatic rings. The second-order valence-electron chi connectivity index (χ2n) is 10.7. The normalized spacial score (nSPS) is 10.6. The molecule has 4 aromatic rings. The standard InChI is InChI=1S/C30H34ClN11O6/c1-16(31)25(43)35-17-9-22(40(3)12-17)27(45)37-19-11-24(42(5)14-19)29(47)38-20-10-23(41(4)15-20)28(46)36-18-8-21(39(2)13-18)26(44)33-6-7-34-30(32)48/h8-15H,1,6-7H2,2-5H3,(H,33,44)(H,35,43)(H,36,46)(H,37,45)(H,38,47)(H3,32,34,48). The quantitative estimate of drug-likeness (QED) is 0.0875. The first-order chi connectivity index (χ1) is 22.6. The molecule has 0 aromatic carbocycles.